The highest BCUT2D eigenvalue weighted by atomic mass is 35.5. The minimum absolute atomic E-state index is 0.0242. The van der Waals surface area contributed by atoms with E-state index >= 15 is 0 Å². The SMILES string of the molecule is COc1ccc2c3c1O[C@H]1[C@@]4(OC)CC[C@@]5(C[C@@H]4COCc4cc6c(cc4Cl)OCO6)[C@@H](C2)C(C)(CC2CC2)CC[C@]315. The molecule has 6 aliphatic carbocycles. The second kappa shape index (κ2) is 8.73. The zero-order chi connectivity index (χ0) is 28.5. The first kappa shape index (κ1) is 26.3. The lowest BCUT2D eigenvalue weighted by Crippen LogP contribution is -2.79. The lowest BCUT2D eigenvalue weighted by atomic mass is 9.29. The number of rotatable bonds is 8. The number of halogens is 1. The molecule has 7 atom stereocenters. The molecular weight excluding hydrogens is 552 g/mol. The summed E-state index contributed by atoms with van der Waals surface area (Å²) in [6.07, 6.45) is 11.1. The first-order valence-electron chi connectivity index (χ1n) is 16.0. The minimum atomic E-state index is -0.409. The van der Waals surface area contributed by atoms with Crippen molar-refractivity contribution < 1.29 is 28.4 Å². The number of hydrogen-bond acceptors (Lipinski definition) is 6. The van der Waals surface area contributed by atoms with Crippen LogP contribution in [-0.2, 0) is 27.9 Å². The van der Waals surface area contributed by atoms with Gasteiger partial charge in [0.1, 0.15) is 11.7 Å². The third-order valence-corrected chi connectivity index (χ3v) is 13.5. The van der Waals surface area contributed by atoms with Crippen LogP contribution in [0.3, 0.4) is 0 Å². The van der Waals surface area contributed by atoms with Crippen molar-refractivity contribution in [2.24, 2.45) is 28.6 Å². The van der Waals surface area contributed by atoms with Crippen LogP contribution in [0, 0.1) is 28.6 Å². The first-order valence-corrected chi connectivity index (χ1v) is 16.3. The first-order chi connectivity index (χ1) is 20.4. The van der Waals surface area contributed by atoms with Crippen molar-refractivity contribution in [1.82, 2.24) is 0 Å². The molecule has 2 aliphatic heterocycles. The molecule has 5 fully saturated rings. The van der Waals surface area contributed by atoms with Crippen LogP contribution in [0.2, 0.25) is 5.02 Å². The minimum Gasteiger partial charge on any atom is -0.493 e. The molecule has 8 aliphatic rings. The van der Waals surface area contributed by atoms with Crippen LogP contribution in [0.5, 0.6) is 23.0 Å². The van der Waals surface area contributed by atoms with Crippen molar-refractivity contribution in [3.05, 3.63) is 46.0 Å². The molecular formula is C35H41ClO6. The Hall–Kier alpha value is -2.15. The Morgan fingerprint density at radius 3 is 2.64 bits per heavy atom. The number of methoxy groups -OCH3 is 2. The molecule has 2 spiro atoms. The molecule has 2 aromatic rings. The van der Waals surface area contributed by atoms with Gasteiger partial charge in [0.15, 0.2) is 23.0 Å². The van der Waals surface area contributed by atoms with Crippen LogP contribution in [0.25, 0.3) is 0 Å². The highest BCUT2D eigenvalue weighted by molar-refractivity contribution is 6.31. The number of hydrogen-bond donors (Lipinski definition) is 0. The molecule has 0 aromatic heterocycles. The molecule has 5 saturated carbocycles. The van der Waals surface area contributed by atoms with Crippen molar-refractivity contribution in [1.29, 1.82) is 0 Å². The van der Waals surface area contributed by atoms with Gasteiger partial charge in [0.05, 0.1) is 25.3 Å². The van der Waals surface area contributed by atoms with Crippen molar-refractivity contribution >= 4 is 11.6 Å². The van der Waals surface area contributed by atoms with Crippen molar-refractivity contribution in [3.63, 3.8) is 0 Å². The quantitative estimate of drug-likeness (QED) is 0.322. The molecule has 224 valence electrons. The van der Waals surface area contributed by atoms with Gasteiger partial charge in [0, 0.05) is 35.6 Å². The summed E-state index contributed by atoms with van der Waals surface area (Å²) in [5.41, 5.74) is 3.98. The van der Waals surface area contributed by atoms with E-state index < -0.39 is 5.60 Å². The molecule has 6 nitrogen and oxygen atoms in total. The fourth-order valence-corrected chi connectivity index (χ4v) is 11.5. The van der Waals surface area contributed by atoms with Crippen molar-refractivity contribution in [2.75, 3.05) is 27.6 Å². The van der Waals surface area contributed by atoms with Gasteiger partial charge in [-0.15, -0.1) is 0 Å². The van der Waals surface area contributed by atoms with Gasteiger partial charge in [-0.25, -0.2) is 0 Å². The van der Waals surface area contributed by atoms with Crippen molar-refractivity contribution in [2.45, 2.75) is 88.4 Å². The van der Waals surface area contributed by atoms with Gasteiger partial charge >= 0.3 is 0 Å². The third kappa shape index (κ3) is 3.14. The molecule has 42 heavy (non-hydrogen) atoms. The standard InChI is InChI=1S/C35H41ClO6/c1-32(15-20-4-5-20)8-10-34-29-21-6-7-25(37-2)30(29)42-31(34)35(38-3)11-9-33(34,28(32)13-21)16-23(35)18-39-17-22-12-26-27(14-24(22)36)41-19-40-26/h6-7,12,14,20,23,28,31H,4-5,8-11,13,15-19H2,1-3H3/t23-,28+,31-,32?,33-,34+,35-/m1/s1. The van der Waals surface area contributed by atoms with Gasteiger partial charge in [-0.1, -0.05) is 37.4 Å². The van der Waals surface area contributed by atoms with E-state index in [9.17, 15) is 0 Å². The zero-order valence-corrected chi connectivity index (χ0v) is 25.7. The van der Waals surface area contributed by atoms with E-state index in [0.717, 1.165) is 48.0 Å². The molecule has 1 unspecified atom stereocenters. The molecule has 0 N–H and O–H groups in total. The highest BCUT2D eigenvalue weighted by Gasteiger charge is 2.81. The third-order valence-electron chi connectivity index (χ3n) is 13.1. The molecule has 4 bridgehead atoms. The Morgan fingerprint density at radius 2 is 1.86 bits per heavy atom. The van der Waals surface area contributed by atoms with Crippen LogP contribution in [-0.4, -0.2) is 39.3 Å². The highest BCUT2D eigenvalue weighted by Crippen LogP contribution is 2.81. The van der Waals surface area contributed by atoms with Gasteiger partial charge in [0.2, 0.25) is 6.79 Å². The Morgan fingerprint density at radius 1 is 1.02 bits per heavy atom. The monoisotopic (exact) mass is 592 g/mol. The van der Waals surface area contributed by atoms with Gasteiger partial charge in [0.25, 0.3) is 0 Å². The average Bonchev–Trinajstić information content (AvgIpc) is 3.54. The summed E-state index contributed by atoms with van der Waals surface area (Å²) in [5, 5.41) is 0.648. The smallest absolute Gasteiger partial charge is 0.231 e. The average molecular weight is 593 g/mol. The Kier molecular flexibility index (Phi) is 5.46. The number of benzene rings is 2. The summed E-state index contributed by atoms with van der Waals surface area (Å²) in [6.45, 7) is 3.91. The second-order valence-electron chi connectivity index (χ2n) is 14.7. The van der Waals surface area contributed by atoms with E-state index in [1.54, 1.807) is 7.11 Å². The maximum absolute atomic E-state index is 7.19. The van der Waals surface area contributed by atoms with Crippen LogP contribution in [0.4, 0.5) is 0 Å². The topological polar surface area (TPSA) is 55.4 Å². The second-order valence-corrected chi connectivity index (χ2v) is 15.1. The predicted octanol–water partition coefficient (Wildman–Crippen LogP) is 7.25. The molecule has 2 aromatic carbocycles. The summed E-state index contributed by atoms with van der Waals surface area (Å²) >= 11 is 6.62. The maximum atomic E-state index is 7.19. The van der Waals surface area contributed by atoms with Gasteiger partial charge < -0.3 is 28.4 Å². The van der Waals surface area contributed by atoms with Gasteiger partial charge in [-0.05, 0) is 85.3 Å². The molecule has 0 radical (unpaired) electrons. The maximum Gasteiger partial charge on any atom is 0.231 e. The largest absolute Gasteiger partial charge is 0.493 e. The lowest BCUT2D eigenvalue weighted by Gasteiger charge is -2.75. The van der Waals surface area contributed by atoms with E-state index in [0.29, 0.717) is 35.3 Å². The van der Waals surface area contributed by atoms with Gasteiger partial charge in [-0.3, -0.25) is 0 Å². The van der Waals surface area contributed by atoms with E-state index in [1.165, 1.54) is 49.7 Å². The van der Waals surface area contributed by atoms with Crippen LogP contribution in [0.15, 0.2) is 24.3 Å². The molecule has 0 saturated heterocycles. The predicted molar refractivity (Wildman–Crippen MR) is 158 cm³/mol. The fraction of sp³-hybridized carbons (Fsp3) is 0.657. The van der Waals surface area contributed by atoms with E-state index in [4.69, 9.17) is 40.0 Å². The molecule has 7 heteroatoms. The molecule has 2 heterocycles. The van der Waals surface area contributed by atoms with Gasteiger partial charge in [-0.2, -0.15) is 0 Å². The lowest BCUT2D eigenvalue weighted by molar-refractivity contribution is -0.294. The number of ether oxygens (including phenoxy) is 6. The zero-order valence-electron chi connectivity index (χ0n) is 24.9. The van der Waals surface area contributed by atoms with E-state index in [2.05, 4.69) is 19.1 Å². The fourth-order valence-electron chi connectivity index (χ4n) is 11.3. The summed E-state index contributed by atoms with van der Waals surface area (Å²) in [6, 6.07) is 8.29. The Labute approximate surface area is 253 Å². The van der Waals surface area contributed by atoms with Crippen molar-refractivity contribution in [3.8, 4) is 23.0 Å². The van der Waals surface area contributed by atoms with Crippen LogP contribution < -0.4 is 18.9 Å². The number of fused-ring (bicyclic) bond motifs is 3. The molecule has 0 amide bonds. The van der Waals surface area contributed by atoms with E-state index in [1.807, 2.05) is 19.2 Å². The summed E-state index contributed by atoms with van der Waals surface area (Å²) in [7, 11) is 3.68. The summed E-state index contributed by atoms with van der Waals surface area (Å²) in [5.74, 6) is 5.07. The van der Waals surface area contributed by atoms with E-state index in [-0.39, 0.29) is 29.6 Å². The Bertz CT molecular complexity index is 1470. The normalized spacial score (nSPS) is 39.7. The molecule has 10 rings (SSSR count). The van der Waals surface area contributed by atoms with Crippen LogP contribution in [0.1, 0.15) is 75.0 Å². The summed E-state index contributed by atoms with van der Waals surface area (Å²) in [4.78, 5) is 0. The summed E-state index contributed by atoms with van der Waals surface area (Å²) < 4.78 is 37.5. The van der Waals surface area contributed by atoms with Crippen LogP contribution >= 0.6 is 11.6 Å². The Balaban J connectivity index is 1.11.